The van der Waals surface area contributed by atoms with Crippen molar-refractivity contribution in [2.24, 2.45) is 0 Å². The summed E-state index contributed by atoms with van der Waals surface area (Å²) in [6.07, 6.45) is 1.62. The van der Waals surface area contributed by atoms with E-state index in [-0.39, 0.29) is 11.3 Å². The lowest BCUT2D eigenvalue weighted by atomic mass is 10.1. The van der Waals surface area contributed by atoms with Gasteiger partial charge in [-0.3, -0.25) is 4.79 Å². The first kappa shape index (κ1) is 20.1. The number of nitrogens with zero attached hydrogens (tertiary/aromatic N) is 3. The molecule has 2 aromatic carbocycles. The van der Waals surface area contributed by atoms with Gasteiger partial charge in [0.2, 0.25) is 0 Å². The van der Waals surface area contributed by atoms with Gasteiger partial charge < -0.3 is 25.0 Å². The first-order valence-electron chi connectivity index (χ1n) is 9.36. The molecule has 7 nitrogen and oxygen atoms in total. The van der Waals surface area contributed by atoms with Crippen LogP contribution in [0.15, 0.2) is 54.2 Å². The van der Waals surface area contributed by atoms with E-state index in [0.717, 1.165) is 30.1 Å². The number of aryl methyl sites for hydroxylation is 1. The quantitative estimate of drug-likeness (QED) is 0.462. The van der Waals surface area contributed by atoms with Crippen molar-refractivity contribution in [1.82, 2.24) is 4.90 Å². The average molecular weight is 392 g/mol. The fourth-order valence-corrected chi connectivity index (χ4v) is 3.28. The van der Waals surface area contributed by atoms with E-state index in [1.807, 2.05) is 35.2 Å². The molecule has 7 heteroatoms. The molecule has 150 valence electrons. The number of para-hydroxylation sites is 2. The molecule has 3 rings (SSSR count). The molecule has 0 saturated carbocycles. The van der Waals surface area contributed by atoms with Crippen molar-refractivity contribution in [2.75, 3.05) is 43.5 Å². The van der Waals surface area contributed by atoms with E-state index in [1.54, 1.807) is 32.4 Å². The van der Waals surface area contributed by atoms with E-state index < -0.39 is 5.91 Å². The third-order valence-corrected chi connectivity index (χ3v) is 4.88. The Morgan fingerprint density at radius 2 is 1.93 bits per heavy atom. The Balaban J connectivity index is 1.65. The van der Waals surface area contributed by atoms with Crippen LogP contribution in [0.25, 0.3) is 0 Å². The second kappa shape index (κ2) is 9.02. The highest BCUT2D eigenvalue weighted by molar-refractivity contribution is 6.06. The van der Waals surface area contributed by atoms with Crippen LogP contribution in [0.4, 0.5) is 11.4 Å². The van der Waals surface area contributed by atoms with Crippen molar-refractivity contribution >= 4 is 17.3 Å². The fourth-order valence-electron chi connectivity index (χ4n) is 3.28. The summed E-state index contributed by atoms with van der Waals surface area (Å²) >= 11 is 0. The molecule has 2 aromatic rings. The number of hydrogen-bond donors (Lipinski definition) is 2. The van der Waals surface area contributed by atoms with Gasteiger partial charge in [0, 0.05) is 38.1 Å². The number of benzene rings is 2. The molecule has 0 aromatic heterocycles. The highest BCUT2D eigenvalue weighted by Crippen LogP contribution is 2.28. The zero-order valence-corrected chi connectivity index (χ0v) is 16.6. The zero-order valence-electron chi connectivity index (χ0n) is 16.6. The summed E-state index contributed by atoms with van der Waals surface area (Å²) < 4.78 is 5.43. The number of amides is 1. The van der Waals surface area contributed by atoms with Crippen LogP contribution in [-0.2, 0) is 4.79 Å². The number of phenolic OH excluding ortho intramolecular Hbond substituents is 1. The Morgan fingerprint density at radius 1 is 1.21 bits per heavy atom. The van der Waals surface area contributed by atoms with Crippen LogP contribution in [0.5, 0.6) is 11.5 Å². The molecule has 0 aliphatic carbocycles. The van der Waals surface area contributed by atoms with E-state index in [4.69, 9.17) is 4.74 Å². The zero-order chi connectivity index (χ0) is 20.8. The maximum absolute atomic E-state index is 12.5. The minimum atomic E-state index is -0.464. The number of rotatable bonds is 5. The molecule has 1 amide bonds. The lowest BCUT2D eigenvalue weighted by Gasteiger charge is -2.36. The van der Waals surface area contributed by atoms with Gasteiger partial charge in [0.15, 0.2) is 0 Å². The summed E-state index contributed by atoms with van der Waals surface area (Å²) in [6.45, 7) is 4.67. The third-order valence-electron chi connectivity index (χ3n) is 4.88. The van der Waals surface area contributed by atoms with Crippen LogP contribution < -0.4 is 15.0 Å². The van der Waals surface area contributed by atoms with E-state index in [1.165, 1.54) is 6.07 Å². The second-order valence-corrected chi connectivity index (χ2v) is 6.80. The number of anilines is 2. The first-order chi connectivity index (χ1) is 14.0. The van der Waals surface area contributed by atoms with Crippen molar-refractivity contribution < 1.29 is 14.6 Å². The van der Waals surface area contributed by atoms with Gasteiger partial charge in [0.25, 0.3) is 5.91 Å². The molecular formula is C22H24N4O3. The van der Waals surface area contributed by atoms with E-state index in [2.05, 4.69) is 10.2 Å². The lowest BCUT2D eigenvalue weighted by molar-refractivity contribution is -0.112. The van der Waals surface area contributed by atoms with Crippen LogP contribution in [0.1, 0.15) is 5.56 Å². The summed E-state index contributed by atoms with van der Waals surface area (Å²) in [5.41, 5.74) is 2.37. The summed E-state index contributed by atoms with van der Waals surface area (Å²) in [4.78, 5) is 16.7. The summed E-state index contributed by atoms with van der Waals surface area (Å²) in [5, 5.41) is 21.7. The molecule has 1 heterocycles. The largest absolute Gasteiger partial charge is 0.508 e. The molecular weight excluding hydrogens is 368 g/mol. The van der Waals surface area contributed by atoms with Gasteiger partial charge in [-0.05, 0) is 42.8 Å². The van der Waals surface area contributed by atoms with Gasteiger partial charge in [-0.15, -0.1) is 0 Å². The smallest absolute Gasteiger partial charge is 0.267 e. The molecule has 1 fully saturated rings. The van der Waals surface area contributed by atoms with Gasteiger partial charge in [0.05, 0.1) is 12.8 Å². The maximum Gasteiger partial charge on any atom is 0.267 e. The number of phenols is 1. The van der Waals surface area contributed by atoms with Gasteiger partial charge in [-0.2, -0.15) is 5.26 Å². The number of ether oxygens (including phenoxy) is 1. The van der Waals surface area contributed by atoms with Gasteiger partial charge in [-0.1, -0.05) is 12.1 Å². The second-order valence-electron chi connectivity index (χ2n) is 6.80. The topological polar surface area (TPSA) is 88.8 Å². The number of hydrogen-bond acceptors (Lipinski definition) is 6. The Morgan fingerprint density at radius 3 is 2.59 bits per heavy atom. The van der Waals surface area contributed by atoms with Crippen molar-refractivity contribution in [3.8, 4) is 17.6 Å². The number of carbonyl (C=O) groups is 1. The van der Waals surface area contributed by atoms with Crippen LogP contribution in [0.2, 0.25) is 0 Å². The average Bonchev–Trinajstić information content (AvgIpc) is 2.74. The number of methoxy groups -OCH3 is 1. The highest BCUT2D eigenvalue weighted by Gasteiger charge is 2.20. The van der Waals surface area contributed by atoms with Crippen LogP contribution in [0.3, 0.4) is 0 Å². The van der Waals surface area contributed by atoms with Crippen LogP contribution in [0, 0.1) is 18.3 Å². The van der Waals surface area contributed by atoms with Crippen molar-refractivity contribution in [1.29, 1.82) is 5.26 Å². The standard InChI is InChI=1S/C22H24N4O3/c1-16-13-18(27)7-8-19(16)24-22(28)17(14-23)15-25-9-11-26(12-10-25)20-5-3-4-6-21(20)29-2/h3-8,13,15,27H,9-12H2,1-2H3,(H,24,28)/b17-15-. The molecule has 0 atom stereocenters. The summed E-state index contributed by atoms with van der Waals surface area (Å²) in [5.74, 6) is 0.496. The van der Waals surface area contributed by atoms with Crippen molar-refractivity contribution in [3.63, 3.8) is 0 Å². The highest BCUT2D eigenvalue weighted by atomic mass is 16.5. The third kappa shape index (κ3) is 4.79. The van der Waals surface area contributed by atoms with Crippen LogP contribution >= 0.6 is 0 Å². The fraction of sp³-hybridized carbons (Fsp3) is 0.273. The molecule has 2 N–H and O–H groups in total. The molecule has 0 radical (unpaired) electrons. The number of aromatic hydroxyl groups is 1. The van der Waals surface area contributed by atoms with Gasteiger partial charge in [-0.25, -0.2) is 0 Å². The molecule has 1 aliphatic heterocycles. The molecule has 0 bridgehead atoms. The number of nitriles is 1. The predicted molar refractivity (Wildman–Crippen MR) is 112 cm³/mol. The number of nitrogens with one attached hydrogen (secondary N) is 1. The minimum Gasteiger partial charge on any atom is -0.508 e. The van der Waals surface area contributed by atoms with Crippen molar-refractivity contribution in [3.05, 3.63) is 59.8 Å². The Hall–Kier alpha value is -3.66. The van der Waals surface area contributed by atoms with E-state index in [0.29, 0.717) is 18.8 Å². The van der Waals surface area contributed by atoms with Gasteiger partial charge in [0.1, 0.15) is 23.1 Å². The molecule has 29 heavy (non-hydrogen) atoms. The normalized spacial score (nSPS) is 14.3. The Labute approximate surface area is 170 Å². The first-order valence-corrected chi connectivity index (χ1v) is 9.36. The number of carbonyl (C=O) groups excluding carboxylic acids is 1. The lowest BCUT2D eigenvalue weighted by Crippen LogP contribution is -2.44. The molecule has 1 aliphatic rings. The minimum absolute atomic E-state index is 0.0446. The van der Waals surface area contributed by atoms with Crippen molar-refractivity contribution in [2.45, 2.75) is 6.92 Å². The van der Waals surface area contributed by atoms with E-state index in [9.17, 15) is 15.2 Å². The maximum atomic E-state index is 12.5. The Kier molecular flexibility index (Phi) is 6.25. The predicted octanol–water partition coefficient (Wildman–Crippen LogP) is 2.88. The summed E-state index contributed by atoms with van der Waals surface area (Å²) in [7, 11) is 1.66. The van der Waals surface area contributed by atoms with E-state index >= 15 is 0 Å². The number of piperazine rings is 1. The molecule has 1 saturated heterocycles. The Bertz CT molecular complexity index is 957. The monoisotopic (exact) mass is 392 g/mol. The molecule has 0 spiro atoms. The van der Waals surface area contributed by atoms with Gasteiger partial charge >= 0.3 is 0 Å². The molecule has 0 unspecified atom stereocenters. The SMILES string of the molecule is COc1ccccc1N1CCN(/C=C(/C#N)C(=O)Nc2ccc(O)cc2C)CC1. The van der Waals surface area contributed by atoms with Crippen LogP contribution in [-0.4, -0.2) is 49.2 Å². The summed E-state index contributed by atoms with van der Waals surface area (Å²) in [6, 6.07) is 14.5.